The average Bonchev–Trinajstić information content (AvgIpc) is 3.12. The normalized spacial score (nSPS) is 27.4. The van der Waals surface area contributed by atoms with E-state index in [1.54, 1.807) is 24.3 Å². The van der Waals surface area contributed by atoms with E-state index < -0.39 is 29.6 Å². The Morgan fingerprint density at radius 1 is 1.16 bits per heavy atom. The number of carbonyl (C=O) groups is 2. The molecule has 6 heteroatoms. The van der Waals surface area contributed by atoms with Gasteiger partial charge in [0.2, 0.25) is 0 Å². The molecule has 2 heterocycles. The molecule has 0 aliphatic carbocycles. The van der Waals surface area contributed by atoms with Crippen molar-refractivity contribution in [1.29, 1.82) is 0 Å². The summed E-state index contributed by atoms with van der Waals surface area (Å²) >= 11 is 0. The number of hydrogen-bond donors (Lipinski definition) is 2. The zero-order chi connectivity index (χ0) is 17.6. The second-order valence-electron chi connectivity index (χ2n) is 6.37. The molecule has 2 aromatic carbocycles. The molecule has 4 rings (SSSR count). The van der Waals surface area contributed by atoms with Crippen molar-refractivity contribution in [2.75, 3.05) is 11.5 Å². The van der Waals surface area contributed by atoms with Crippen molar-refractivity contribution in [3.8, 4) is 0 Å². The van der Waals surface area contributed by atoms with Crippen molar-refractivity contribution in [1.82, 2.24) is 0 Å². The van der Waals surface area contributed by atoms with Gasteiger partial charge in [0.15, 0.2) is 0 Å². The zero-order valence-corrected chi connectivity index (χ0v) is 13.3. The number of hydrogen-bond acceptors (Lipinski definition) is 4. The fourth-order valence-corrected chi connectivity index (χ4v) is 4.14. The topological polar surface area (TPSA) is 87.1 Å². The quantitative estimate of drug-likeness (QED) is 0.821. The van der Waals surface area contributed by atoms with Crippen LogP contribution in [-0.2, 0) is 14.9 Å². The highest BCUT2D eigenvalue weighted by Gasteiger charge is 2.63. The number of aliphatic hydroxyl groups excluding tert-OH is 1. The Bertz CT molecular complexity index is 837. The number of amides is 1. The molecule has 3 unspecified atom stereocenters. The summed E-state index contributed by atoms with van der Waals surface area (Å²) in [4.78, 5) is 26.2. The van der Waals surface area contributed by atoms with Crippen LogP contribution in [0.2, 0.25) is 0 Å². The first-order valence-corrected chi connectivity index (χ1v) is 8.08. The fraction of sp³-hybridized carbons (Fsp3) is 0.263. The molecule has 128 valence electrons. The van der Waals surface area contributed by atoms with Crippen LogP contribution in [0.3, 0.4) is 0 Å². The monoisotopic (exact) mass is 339 g/mol. The molecule has 2 aliphatic rings. The first-order chi connectivity index (χ1) is 12.1. The molecule has 0 bridgehead atoms. The van der Waals surface area contributed by atoms with Crippen LogP contribution in [0.25, 0.3) is 0 Å². The van der Waals surface area contributed by atoms with Gasteiger partial charge in [0, 0.05) is 6.42 Å². The second-order valence-corrected chi connectivity index (χ2v) is 6.37. The minimum absolute atomic E-state index is 0.239. The molecule has 2 aliphatic heterocycles. The van der Waals surface area contributed by atoms with E-state index in [-0.39, 0.29) is 13.0 Å². The summed E-state index contributed by atoms with van der Waals surface area (Å²) in [6.45, 7) is -0.287. The second kappa shape index (κ2) is 5.60. The van der Waals surface area contributed by atoms with E-state index in [0.717, 1.165) is 5.56 Å². The molecule has 6 nitrogen and oxygen atoms in total. The Kier molecular flexibility index (Phi) is 3.51. The minimum atomic E-state index is -1.15. The van der Waals surface area contributed by atoms with Crippen molar-refractivity contribution >= 4 is 17.7 Å². The molecule has 1 amide bonds. The smallest absolute Gasteiger partial charge is 0.412 e. The molecular formula is C19H17NO5. The number of carbonyl (C=O) groups excluding carboxylic acids is 1. The highest BCUT2D eigenvalue weighted by molar-refractivity contribution is 6.00. The minimum Gasteiger partial charge on any atom is -0.465 e. The predicted molar refractivity (Wildman–Crippen MR) is 89.4 cm³/mol. The molecule has 3 atom stereocenters. The molecular weight excluding hydrogens is 322 g/mol. The zero-order valence-electron chi connectivity index (χ0n) is 13.3. The van der Waals surface area contributed by atoms with E-state index in [4.69, 9.17) is 4.74 Å². The van der Waals surface area contributed by atoms with Crippen LogP contribution in [0, 0.1) is 0 Å². The molecule has 1 saturated heterocycles. The largest absolute Gasteiger partial charge is 0.465 e. The van der Waals surface area contributed by atoms with Gasteiger partial charge in [0.05, 0.1) is 18.3 Å². The van der Waals surface area contributed by atoms with E-state index >= 15 is 0 Å². The lowest BCUT2D eigenvalue weighted by molar-refractivity contribution is -0.147. The van der Waals surface area contributed by atoms with Crippen LogP contribution < -0.4 is 4.90 Å². The number of nitrogens with zero attached hydrogens (tertiary/aromatic N) is 1. The highest BCUT2D eigenvalue weighted by Crippen LogP contribution is 2.58. The third-order valence-corrected chi connectivity index (χ3v) is 5.08. The Morgan fingerprint density at radius 2 is 1.84 bits per heavy atom. The maximum atomic E-state index is 12.9. The van der Waals surface area contributed by atoms with Gasteiger partial charge in [-0.25, -0.2) is 4.79 Å². The first-order valence-electron chi connectivity index (χ1n) is 8.08. The molecule has 2 aromatic rings. The summed E-state index contributed by atoms with van der Waals surface area (Å²) in [5, 5.41) is 19.4. The summed E-state index contributed by atoms with van der Waals surface area (Å²) in [7, 11) is 0. The van der Waals surface area contributed by atoms with E-state index in [0.29, 0.717) is 11.3 Å². The lowest BCUT2D eigenvalue weighted by Gasteiger charge is -2.31. The molecule has 0 radical (unpaired) electrons. The van der Waals surface area contributed by atoms with Gasteiger partial charge in [-0.3, -0.25) is 9.69 Å². The van der Waals surface area contributed by atoms with Crippen molar-refractivity contribution in [2.24, 2.45) is 0 Å². The lowest BCUT2D eigenvalue weighted by Crippen LogP contribution is -2.43. The average molecular weight is 339 g/mol. The molecule has 1 fully saturated rings. The Morgan fingerprint density at radius 3 is 2.48 bits per heavy atom. The van der Waals surface area contributed by atoms with Crippen LogP contribution in [-0.4, -0.2) is 35.0 Å². The fourth-order valence-electron chi connectivity index (χ4n) is 4.14. The number of fused-ring (bicyclic) bond motifs is 2. The van der Waals surface area contributed by atoms with Crippen LogP contribution in [0.15, 0.2) is 54.6 Å². The number of aliphatic hydroxyl groups is 1. The van der Waals surface area contributed by atoms with Gasteiger partial charge in [-0.2, -0.15) is 0 Å². The van der Waals surface area contributed by atoms with Crippen molar-refractivity contribution < 1.29 is 24.5 Å². The Balaban J connectivity index is 1.99. The Labute approximate surface area is 144 Å². The van der Waals surface area contributed by atoms with Gasteiger partial charge < -0.3 is 14.9 Å². The van der Waals surface area contributed by atoms with Crippen LogP contribution in [0.1, 0.15) is 23.6 Å². The van der Waals surface area contributed by atoms with E-state index in [1.807, 2.05) is 30.3 Å². The Hall–Kier alpha value is -2.86. The summed E-state index contributed by atoms with van der Waals surface area (Å²) in [6.07, 6.45) is -1.53. The van der Waals surface area contributed by atoms with Gasteiger partial charge in [0.1, 0.15) is 11.5 Å². The predicted octanol–water partition coefficient (Wildman–Crippen LogP) is 2.47. The maximum absolute atomic E-state index is 12.9. The number of ether oxygens (including phenoxy) is 1. The number of anilines is 1. The van der Waals surface area contributed by atoms with Crippen molar-refractivity contribution in [2.45, 2.75) is 24.0 Å². The third-order valence-electron chi connectivity index (χ3n) is 5.08. The van der Waals surface area contributed by atoms with Crippen LogP contribution in [0.5, 0.6) is 0 Å². The number of carboxylic acid groups (broad SMARTS) is 1. The number of cyclic esters (lactones) is 1. The lowest BCUT2D eigenvalue weighted by atomic mass is 9.72. The van der Waals surface area contributed by atoms with Crippen LogP contribution in [0.4, 0.5) is 10.5 Å². The maximum Gasteiger partial charge on any atom is 0.412 e. The number of benzene rings is 2. The van der Waals surface area contributed by atoms with Crippen LogP contribution >= 0.6 is 0 Å². The number of esters is 1. The summed E-state index contributed by atoms with van der Waals surface area (Å²) in [5.41, 5.74) is 0.687. The van der Waals surface area contributed by atoms with Gasteiger partial charge >= 0.3 is 12.1 Å². The first kappa shape index (κ1) is 15.7. The number of para-hydroxylation sites is 1. The molecule has 1 spiro atoms. The molecule has 25 heavy (non-hydrogen) atoms. The molecule has 0 aromatic heterocycles. The summed E-state index contributed by atoms with van der Waals surface area (Å²) < 4.78 is 5.38. The summed E-state index contributed by atoms with van der Waals surface area (Å²) in [6, 6.07) is 15.4. The van der Waals surface area contributed by atoms with Gasteiger partial charge in [-0.15, -0.1) is 0 Å². The van der Waals surface area contributed by atoms with E-state index in [1.165, 1.54) is 4.90 Å². The molecule has 0 saturated carbocycles. The van der Waals surface area contributed by atoms with Crippen molar-refractivity contribution in [3.05, 3.63) is 65.7 Å². The van der Waals surface area contributed by atoms with E-state index in [2.05, 4.69) is 0 Å². The van der Waals surface area contributed by atoms with Gasteiger partial charge in [0.25, 0.3) is 0 Å². The standard InChI is InChI=1S/C19H17NO5/c21-11-13-10-19(17(22)25-13)14-8-4-5-9-15(14)20(18(23)24)16(19)12-6-2-1-3-7-12/h1-9,13,16,21H,10-11H2,(H,23,24). The van der Waals surface area contributed by atoms with Gasteiger partial charge in [-0.1, -0.05) is 48.5 Å². The SMILES string of the molecule is O=C(O)N1c2ccccc2C2(CC(CO)OC2=O)C1c1ccccc1. The summed E-state index contributed by atoms with van der Waals surface area (Å²) in [5.74, 6) is -0.489. The molecule has 2 N–H and O–H groups in total. The van der Waals surface area contributed by atoms with E-state index in [9.17, 15) is 19.8 Å². The third kappa shape index (κ3) is 2.07. The highest BCUT2D eigenvalue weighted by atomic mass is 16.6. The van der Waals surface area contributed by atoms with Crippen molar-refractivity contribution in [3.63, 3.8) is 0 Å². The number of rotatable bonds is 2. The van der Waals surface area contributed by atoms with Gasteiger partial charge in [-0.05, 0) is 17.2 Å².